The molecule has 0 aliphatic carbocycles. The molecule has 0 amide bonds. The number of ether oxygens (including phenoxy) is 3. The lowest BCUT2D eigenvalue weighted by molar-refractivity contribution is 0.0549. The number of halogens is 1. The number of carbonyl (C=O) groups excluding carboxylic acids is 2. The van der Waals surface area contributed by atoms with Crippen molar-refractivity contribution in [2.75, 3.05) is 21.3 Å². The molecule has 1 aromatic heterocycles. The smallest absolute Gasteiger partial charge is 0.357 e. The zero-order chi connectivity index (χ0) is 20.3. The molecule has 0 aliphatic heterocycles. The van der Waals surface area contributed by atoms with Gasteiger partial charge >= 0.3 is 11.9 Å². The van der Waals surface area contributed by atoms with Crippen molar-refractivity contribution in [2.45, 2.75) is 0 Å². The molecule has 3 rings (SSSR count). The summed E-state index contributed by atoms with van der Waals surface area (Å²) in [6.07, 6.45) is 0. The van der Waals surface area contributed by atoms with Crippen LogP contribution >= 0.6 is 22.6 Å². The number of methoxy groups -OCH3 is 3. The fourth-order valence-corrected chi connectivity index (χ4v) is 3.32. The SMILES string of the molecule is COC(=O)c1c(-c2ccc(I)c(OC)c2)nn(-c2ccccc2)c1C(=O)OC. The number of nitrogens with zero attached hydrogens (tertiary/aromatic N) is 2. The summed E-state index contributed by atoms with van der Waals surface area (Å²) in [6, 6.07) is 14.4. The standard InChI is InChI=1S/C20H17IN2O5/c1-26-15-11-12(9-10-14(15)21)17-16(19(24)27-2)18(20(25)28-3)23(22-17)13-7-5-4-6-8-13/h4-11H,1-3H3. The summed E-state index contributed by atoms with van der Waals surface area (Å²) in [6.45, 7) is 0. The van der Waals surface area contributed by atoms with Crippen molar-refractivity contribution >= 4 is 34.5 Å². The van der Waals surface area contributed by atoms with Gasteiger partial charge in [0.05, 0.1) is 30.6 Å². The summed E-state index contributed by atoms with van der Waals surface area (Å²) in [4.78, 5) is 25.2. The quantitative estimate of drug-likeness (QED) is 0.399. The molecule has 0 fully saturated rings. The van der Waals surface area contributed by atoms with E-state index in [1.165, 1.54) is 18.9 Å². The first kappa shape index (κ1) is 19.9. The van der Waals surface area contributed by atoms with E-state index in [1.807, 2.05) is 24.3 Å². The van der Waals surface area contributed by atoms with Crippen LogP contribution in [0.4, 0.5) is 0 Å². The van der Waals surface area contributed by atoms with Crippen molar-refractivity contribution in [3.05, 3.63) is 63.4 Å². The van der Waals surface area contributed by atoms with Crippen LogP contribution in [-0.2, 0) is 9.47 Å². The van der Waals surface area contributed by atoms with Gasteiger partial charge in [0.2, 0.25) is 0 Å². The van der Waals surface area contributed by atoms with Crippen molar-refractivity contribution in [3.63, 3.8) is 0 Å². The highest BCUT2D eigenvalue weighted by atomic mass is 127. The van der Waals surface area contributed by atoms with E-state index >= 15 is 0 Å². The average molecular weight is 492 g/mol. The summed E-state index contributed by atoms with van der Waals surface area (Å²) in [5, 5.41) is 4.55. The van der Waals surface area contributed by atoms with Crippen molar-refractivity contribution in [3.8, 4) is 22.7 Å². The second kappa shape index (κ2) is 8.42. The summed E-state index contributed by atoms with van der Waals surface area (Å²) in [5.74, 6) is -0.752. The first-order valence-electron chi connectivity index (χ1n) is 8.20. The molecule has 0 saturated heterocycles. The Hall–Kier alpha value is -2.88. The van der Waals surface area contributed by atoms with E-state index in [0.717, 1.165) is 3.57 Å². The molecule has 0 unspecified atom stereocenters. The molecule has 8 heteroatoms. The van der Waals surface area contributed by atoms with Gasteiger partial charge in [-0.25, -0.2) is 14.3 Å². The van der Waals surface area contributed by atoms with E-state index in [9.17, 15) is 9.59 Å². The van der Waals surface area contributed by atoms with E-state index in [-0.39, 0.29) is 11.3 Å². The Bertz CT molecular complexity index is 1030. The second-order valence-electron chi connectivity index (χ2n) is 5.65. The van der Waals surface area contributed by atoms with E-state index in [1.54, 1.807) is 31.4 Å². The van der Waals surface area contributed by atoms with Gasteiger partial charge in [0.25, 0.3) is 0 Å². The van der Waals surface area contributed by atoms with Gasteiger partial charge in [-0.2, -0.15) is 5.10 Å². The van der Waals surface area contributed by atoms with Gasteiger partial charge in [-0.3, -0.25) is 0 Å². The fraction of sp³-hybridized carbons (Fsp3) is 0.150. The molecule has 0 saturated carbocycles. The third-order valence-electron chi connectivity index (χ3n) is 4.08. The lowest BCUT2D eigenvalue weighted by Gasteiger charge is -2.07. The highest BCUT2D eigenvalue weighted by molar-refractivity contribution is 14.1. The minimum absolute atomic E-state index is 0.00642. The summed E-state index contributed by atoms with van der Waals surface area (Å²) in [5.41, 5.74) is 1.54. The van der Waals surface area contributed by atoms with Crippen molar-refractivity contribution < 1.29 is 23.8 Å². The van der Waals surface area contributed by atoms with Gasteiger partial charge < -0.3 is 14.2 Å². The molecular weight excluding hydrogens is 475 g/mol. The maximum Gasteiger partial charge on any atom is 0.357 e. The number of benzene rings is 2. The first-order valence-corrected chi connectivity index (χ1v) is 9.28. The molecule has 0 aliphatic rings. The van der Waals surface area contributed by atoms with Gasteiger partial charge in [0, 0.05) is 5.56 Å². The van der Waals surface area contributed by atoms with Gasteiger partial charge in [-0.05, 0) is 46.9 Å². The van der Waals surface area contributed by atoms with Crippen LogP contribution in [0.2, 0.25) is 0 Å². The minimum atomic E-state index is -0.694. The monoisotopic (exact) mass is 492 g/mol. The normalized spacial score (nSPS) is 10.4. The molecule has 1 heterocycles. The molecule has 0 bridgehead atoms. The number of hydrogen-bond donors (Lipinski definition) is 0. The Balaban J connectivity index is 2.35. The van der Waals surface area contributed by atoms with Crippen LogP contribution < -0.4 is 4.74 Å². The Morgan fingerprint density at radius 3 is 2.25 bits per heavy atom. The van der Waals surface area contributed by atoms with Crippen LogP contribution in [0.25, 0.3) is 16.9 Å². The average Bonchev–Trinajstić information content (AvgIpc) is 3.14. The maximum atomic E-state index is 12.6. The van der Waals surface area contributed by atoms with E-state index in [2.05, 4.69) is 27.7 Å². The third kappa shape index (κ3) is 3.59. The molecule has 144 valence electrons. The molecule has 0 atom stereocenters. The van der Waals surface area contributed by atoms with E-state index in [4.69, 9.17) is 14.2 Å². The Kier molecular flexibility index (Phi) is 5.98. The lowest BCUT2D eigenvalue weighted by Crippen LogP contribution is -2.15. The zero-order valence-corrected chi connectivity index (χ0v) is 17.6. The number of aromatic nitrogens is 2. The van der Waals surface area contributed by atoms with Gasteiger partial charge in [0.1, 0.15) is 17.0 Å². The Morgan fingerprint density at radius 2 is 1.64 bits per heavy atom. The van der Waals surface area contributed by atoms with Crippen LogP contribution in [0.5, 0.6) is 5.75 Å². The second-order valence-corrected chi connectivity index (χ2v) is 6.81. The summed E-state index contributed by atoms with van der Waals surface area (Å²) < 4.78 is 17.5. The lowest BCUT2D eigenvalue weighted by atomic mass is 10.1. The van der Waals surface area contributed by atoms with Crippen LogP contribution in [0.3, 0.4) is 0 Å². The van der Waals surface area contributed by atoms with Crippen molar-refractivity contribution in [1.29, 1.82) is 0 Å². The first-order chi connectivity index (χ1) is 13.5. The Morgan fingerprint density at radius 1 is 0.964 bits per heavy atom. The molecule has 3 aromatic rings. The zero-order valence-electron chi connectivity index (χ0n) is 15.4. The summed E-state index contributed by atoms with van der Waals surface area (Å²) >= 11 is 2.15. The number of carbonyl (C=O) groups is 2. The van der Waals surface area contributed by atoms with Crippen molar-refractivity contribution in [1.82, 2.24) is 9.78 Å². The van der Waals surface area contributed by atoms with Crippen molar-refractivity contribution in [2.24, 2.45) is 0 Å². The van der Waals surface area contributed by atoms with Crippen LogP contribution in [-0.4, -0.2) is 43.0 Å². The largest absolute Gasteiger partial charge is 0.496 e. The number of para-hydroxylation sites is 1. The topological polar surface area (TPSA) is 79.7 Å². The summed E-state index contributed by atoms with van der Waals surface area (Å²) in [7, 11) is 4.06. The molecule has 7 nitrogen and oxygen atoms in total. The van der Waals surface area contributed by atoms with Gasteiger partial charge in [-0.15, -0.1) is 0 Å². The molecule has 2 aromatic carbocycles. The highest BCUT2D eigenvalue weighted by Crippen LogP contribution is 2.32. The van der Waals surface area contributed by atoms with Crippen LogP contribution in [0, 0.1) is 3.57 Å². The number of hydrogen-bond acceptors (Lipinski definition) is 6. The third-order valence-corrected chi connectivity index (χ3v) is 4.97. The van der Waals surface area contributed by atoms with Gasteiger partial charge in [0.15, 0.2) is 5.69 Å². The Labute approximate surface area is 175 Å². The molecule has 0 radical (unpaired) electrons. The number of esters is 2. The molecule has 0 spiro atoms. The fourth-order valence-electron chi connectivity index (χ4n) is 2.76. The number of rotatable bonds is 5. The van der Waals surface area contributed by atoms with E-state index in [0.29, 0.717) is 22.7 Å². The predicted molar refractivity (Wildman–Crippen MR) is 111 cm³/mol. The molecule has 28 heavy (non-hydrogen) atoms. The maximum absolute atomic E-state index is 12.6. The highest BCUT2D eigenvalue weighted by Gasteiger charge is 2.31. The molecular formula is C20H17IN2O5. The van der Waals surface area contributed by atoms with Crippen LogP contribution in [0.1, 0.15) is 20.8 Å². The van der Waals surface area contributed by atoms with E-state index < -0.39 is 11.9 Å². The molecule has 0 N–H and O–H groups in total. The van der Waals surface area contributed by atoms with Crippen LogP contribution in [0.15, 0.2) is 48.5 Å². The minimum Gasteiger partial charge on any atom is -0.496 e. The van der Waals surface area contributed by atoms with Gasteiger partial charge in [-0.1, -0.05) is 24.3 Å². The predicted octanol–water partition coefficient (Wildman–Crippen LogP) is 3.73.